The molecule has 2 saturated carbocycles. The molecule has 1 heteroatoms. The summed E-state index contributed by atoms with van der Waals surface area (Å²) >= 11 is 0. The van der Waals surface area contributed by atoms with Gasteiger partial charge in [-0.15, -0.1) is 0 Å². The first kappa shape index (κ1) is 8.35. The molecule has 0 bridgehead atoms. The molecule has 0 amide bonds. The zero-order valence-electron chi connectivity index (χ0n) is 8.95. The topological polar surface area (TPSA) is 12.0 Å². The average molecular weight is 199 g/mol. The Bertz CT molecular complexity index is 384. The number of piperidine rings is 1. The standard InChI is InChI=1S/C14H17N/c1-2-4-12(11(3-1)9-5-6-9)14-8-10-7-13(10)15-14/h1-4,9-10,13-15H,5-8H2. The summed E-state index contributed by atoms with van der Waals surface area (Å²) in [4.78, 5) is 0. The maximum atomic E-state index is 3.77. The largest absolute Gasteiger partial charge is 0.307 e. The van der Waals surface area contributed by atoms with Gasteiger partial charge in [-0.2, -0.15) is 0 Å². The molecule has 2 aliphatic carbocycles. The fourth-order valence-electron chi connectivity index (χ4n) is 3.15. The zero-order valence-corrected chi connectivity index (χ0v) is 8.95. The minimum atomic E-state index is 0.672. The highest BCUT2D eigenvalue weighted by Gasteiger charge is 2.46. The summed E-state index contributed by atoms with van der Waals surface area (Å²) in [5.41, 5.74) is 3.24. The van der Waals surface area contributed by atoms with Gasteiger partial charge < -0.3 is 5.32 Å². The van der Waals surface area contributed by atoms with Crippen molar-refractivity contribution in [3.63, 3.8) is 0 Å². The predicted molar refractivity (Wildman–Crippen MR) is 60.8 cm³/mol. The Kier molecular flexibility index (Phi) is 1.59. The molecular formula is C14H17N. The first-order valence-electron chi connectivity index (χ1n) is 6.26. The quantitative estimate of drug-likeness (QED) is 0.772. The summed E-state index contributed by atoms with van der Waals surface area (Å²) in [7, 11) is 0. The van der Waals surface area contributed by atoms with Gasteiger partial charge in [-0.25, -0.2) is 0 Å². The molecular weight excluding hydrogens is 182 g/mol. The number of hydrogen-bond donors (Lipinski definition) is 1. The molecule has 0 spiro atoms. The summed E-state index contributed by atoms with van der Waals surface area (Å²) < 4.78 is 0. The molecule has 1 aromatic carbocycles. The highest BCUT2D eigenvalue weighted by atomic mass is 15.1. The van der Waals surface area contributed by atoms with E-state index in [0.717, 1.165) is 17.9 Å². The Morgan fingerprint density at radius 3 is 2.47 bits per heavy atom. The summed E-state index contributed by atoms with van der Waals surface area (Å²) in [5, 5.41) is 3.77. The van der Waals surface area contributed by atoms with E-state index >= 15 is 0 Å². The summed E-state index contributed by atoms with van der Waals surface area (Å²) in [5.74, 6) is 1.89. The van der Waals surface area contributed by atoms with Crippen LogP contribution >= 0.6 is 0 Å². The van der Waals surface area contributed by atoms with Crippen LogP contribution in [0.15, 0.2) is 24.3 Å². The molecule has 3 unspecified atom stereocenters. The first-order chi connectivity index (χ1) is 7.42. The number of rotatable bonds is 2. The molecule has 4 rings (SSSR count). The second-order valence-electron chi connectivity index (χ2n) is 5.46. The lowest BCUT2D eigenvalue weighted by molar-refractivity contribution is 0.563. The van der Waals surface area contributed by atoms with Crippen molar-refractivity contribution in [1.82, 2.24) is 5.32 Å². The Hall–Kier alpha value is -0.820. The molecule has 1 aromatic rings. The van der Waals surface area contributed by atoms with E-state index in [-0.39, 0.29) is 0 Å². The SMILES string of the molecule is c1ccc(C2CC3CC3N2)c(C2CC2)c1. The lowest BCUT2D eigenvalue weighted by Crippen LogP contribution is -2.18. The van der Waals surface area contributed by atoms with Crippen molar-refractivity contribution < 1.29 is 0 Å². The van der Waals surface area contributed by atoms with Crippen molar-refractivity contribution in [3.05, 3.63) is 35.4 Å². The second-order valence-corrected chi connectivity index (χ2v) is 5.46. The van der Waals surface area contributed by atoms with Crippen LogP contribution in [0.5, 0.6) is 0 Å². The molecule has 3 atom stereocenters. The van der Waals surface area contributed by atoms with Crippen molar-refractivity contribution >= 4 is 0 Å². The Morgan fingerprint density at radius 1 is 1.00 bits per heavy atom. The third kappa shape index (κ3) is 1.33. The fourth-order valence-corrected chi connectivity index (χ4v) is 3.15. The number of benzene rings is 1. The molecule has 1 saturated heterocycles. The highest BCUT2D eigenvalue weighted by molar-refractivity contribution is 5.37. The van der Waals surface area contributed by atoms with Crippen LogP contribution in [0.3, 0.4) is 0 Å². The Labute approximate surface area is 90.9 Å². The molecule has 1 heterocycles. The van der Waals surface area contributed by atoms with E-state index in [9.17, 15) is 0 Å². The van der Waals surface area contributed by atoms with Gasteiger partial charge in [0.05, 0.1) is 0 Å². The maximum absolute atomic E-state index is 3.77. The Morgan fingerprint density at radius 2 is 1.80 bits per heavy atom. The minimum Gasteiger partial charge on any atom is -0.307 e. The van der Waals surface area contributed by atoms with Crippen molar-refractivity contribution in [1.29, 1.82) is 0 Å². The van der Waals surface area contributed by atoms with Crippen molar-refractivity contribution in [2.24, 2.45) is 5.92 Å². The summed E-state index contributed by atoms with van der Waals surface area (Å²) in [6, 6.07) is 10.6. The van der Waals surface area contributed by atoms with Crippen LogP contribution in [-0.2, 0) is 0 Å². The van der Waals surface area contributed by atoms with Crippen molar-refractivity contribution in [3.8, 4) is 0 Å². The van der Waals surface area contributed by atoms with Crippen LogP contribution in [0.25, 0.3) is 0 Å². The van der Waals surface area contributed by atoms with Crippen LogP contribution in [0, 0.1) is 5.92 Å². The maximum Gasteiger partial charge on any atom is 0.0328 e. The van der Waals surface area contributed by atoms with Gasteiger partial charge in [-0.1, -0.05) is 24.3 Å². The third-order valence-electron chi connectivity index (χ3n) is 4.26. The van der Waals surface area contributed by atoms with Gasteiger partial charge in [0.1, 0.15) is 0 Å². The normalized spacial score (nSPS) is 37.7. The highest BCUT2D eigenvalue weighted by Crippen LogP contribution is 2.49. The lowest BCUT2D eigenvalue weighted by atomic mass is 9.95. The fraction of sp³-hybridized carbons (Fsp3) is 0.571. The van der Waals surface area contributed by atoms with Gasteiger partial charge in [-0.05, 0) is 48.6 Å². The third-order valence-corrected chi connectivity index (χ3v) is 4.26. The summed E-state index contributed by atoms with van der Waals surface area (Å²) in [6.45, 7) is 0. The van der Waals surface area contributed by atoms with Gasteiger partial charge >= 0.3 is 0 Å². The molecule has 0 radical (unpaired) electrons. The zero-order chi connectivity index (χ0) is 9.83. The molecule has 78 valence electrons. The van der Waals surface area contributed by atoms with Gasteiger partial charge in [0, 0.05) is 12.1 Å². The van der Waals surface area contributed by atoms with E-state index in [0.29, 0.717) is 6.04 Å². The second kappa shape index (κ2) is 2.85. The Balaban J connectivity index is 1.68. The van der Waals surface area contributed by atoms with E-state index in [1.165, 1.54) is 25.7 Å². The van der Waals surface area contributed by atoms with Crippen LogP contribution in [0.1, 0.15) is 48.8 Å². The van der Waals surface area contributed by atoms with E-state index in [1.54, 1.807) is 11.1 Å². The monoisotopic (exact) mass is 199 g/mol. The number of hydrogen-bond acceptors (Lipinski definition) is 1. The molecule has 1 N–H and O–H groups in total. The predicted octanol–water partition coefficient (Wildman–Crippen LogP) is 2.99. The molecule has 3 aliphatic rings. The van der Waals surface area contributed by atoms with E-state index in [4.69, 9.17) is 0 Å². The van der Waals surface area contributed by atoms with E-state index < -0.39 is 0 Å². The van der Waals surface area contributed by atoms with Crippen molar-refractivity contribution in [2.45, 2.75) is 43.7 Å². The van der Waals surface area contributed by atoms with E-state index in [2.05, 4.69) is 29.6 Å². The van der Waals surface area contributed by atoms with Crippen LogP contribution in [0.2, 0.25) is 0 Å². The molecule has 1 nitrogen and oxygen atoms in total. The van der Waals surface area contributed by atoms with Gasteiger partial charge in [0.2, 0.25) is 0 Å². The number of nitrogens with one attached hydrogen (secondary N) is 1. The lowest BCUT2D eigenvalue weighted by Gasteiger charge is -2.17. The average Bonchev–Trinajstić information content (AvgIpc) is 3.19. The molecule has 15 heavy (non-hydrogen) atoms. The summed E-state index contributed by atoms with van der Waals surface area (Å²) in [6.07, 6.45) is 5.64. The smallest absolute Gasteiger partial charge is 0.0328 e. The van der Waals surface area contributed by atoms with Crippen LogP contribution in [-0.4, -0.2) is 6.04 Å². The van der Waals surface area contributed by atoms with E-state index in [1.807, 2.05) is 0 Å². The van der Waals surface area contributed by atoms with Gasteiger partial charge in [0.15, 0.2) is 0 Å². The van der Waals surface area contributed by atoms with Gasteiger partial charge in [0.25, 0.3) is 0 Å². The number of fused-ring (bicyclic) bond motifs is 1. The molecule has 3 fully saturated rings. The van der Waals surface area contributed by atoms with Crippen molar-refractivity contribution in [2.75, 3.05) is 0 Å². The van der Waals surface area contributed by atoms with Crippen LogP contribution < -0.4 is 5.32 Å². The van der Waals surface area contributed by atoms with Gasteiger partial charge in [-0.3, -0.25) is 0 Å². The molecule has 0 aromatic heterocycles. The molecule has 1 aliphatic heterocycles. The minimum absolute atomic E-state index is 0.672. The first-order valence-corrected chi connectivity index (χ1v) is 6.26. The van der Waals surface area contributed by atoms with Crippen LogP contribution in [0.4, 0.5) is 0 Å².